The van der Waals surface area contributed by atoms with E-state index in [9.17, 15) is 0 Å². The summed E-state index contributed by atoms with van der Waals surface area (Å²) in [6, 6.07) is 10.5. The number of rotatable bonds is 8. The Morgan fingerprint density at radius 2 is 2.14 bits per heavy atom. The molecule has 0 bridgehead atoms. The molecule has 0 saturated carbocycles. The molecule has 2 rings (SSSR count). The molecule has 0 atom stereocenters. The molecule has 0 saturated heterocycles. The summed E-state index contributed by atoms with van der Waals surface area (Å²) in [5.41, 5.74) is 2.28. The second kappa shape index (κ2) is 7.70. The van der Waals surface area contributed by atoms with Crippen LogP contribution in [0, 0.1) is 0 Å². The smallest absolute Gasteiger partial charge is 0.146 e. The van der Waals surface area contributed by atoms with Gasteiger partial charge < -0.3 is 14.5 Å². The zero-order chi connectivity index (χ0) is 15.1. The van der Waals surface area contributed by atoms with Crippen molar-refractivity contribution in [2.24, 2.45) is 0 Å². The van der Waals surface area contributed by atoms with Crippen LogP contribution in [0.1, 0.15) is 30.7 Å². The van der Waals surface area contributed by atoms with Crippen LogP contribution in [-0.4, -0.2) is 6.04 Å². The summed E-state index contributed by atoms with van der Waals surface area (Å²) in [4.78, 5) is 0. The lowest BCUT2D eigenvalue weighted by Gasteiger charge is -2.08. The molecule has 0 fully saturated rings. The molecule has 0 radical (unpaired) electrons. The van der Waals surface area contributed by atoms with Gasteiger partial charge in [-0.25, -0.2) is 0 Å². The summed E-state index contributed by atoms with van der Waals surface area (Å²) >= 11 is 0. The second-order valence-corrected chi connectivity index (χ2v) is 5.35. The molecule has 1 heterocycles. The highest BCUT2D eigenvalue weighted by atomic mass is 16.5. The number of hydrogen-bond acceptors (Lipinski definition) is 3. The van der Waals surface area contributed by atoms with E-state index in [1.165, 1.54) is 0 Å². The molecule has 0 amide bonds. The number of nitrogens with one attached hydrogen (secondary N) is 1. The Morgan fingerprint density at radius 1 is 1.33 bits per heavy atom. The highest BCUT2D eigenvalue weighted by Gasteiger charge is 2.06. The van der Waals surface area contributed by atoms with Gasteiger partial charge in [-0.2, -0.15) is 0 Å². The van der Waals surface area contributed by atoms with Gasteiger partial charge in [0.1, 0.15) is 18.1 Å². The van der Waals surface area contributed by atoms with Crippen LogP contribution in [0.25, 0.3) is 0 Å². The standard InChI is InChI=1S/C18H23NO2/c1-4-7-16-8-5-6-9-18(16)21-13-17-10-15(12-20-17)11-19-14(2)3/h4-6,8-10,12,14,19H,1,7,11,13H2,2-3H3. The molecule has 0 aliphatic carbocycles. The molecule has 1 N–H and O–H groups in total. The zero-order valence-electron chi connectivity index (χ0n) is 12.8. The van der Waals surface area contributed by atoms with Crippen molar-refractivity contribution < 1.29 is 9.15 Å². The predicted octanol–water partition coefficient (Wildman–Crippen LogP) is 4.09. The normalized spacial score (nSPS) is 10.8. The van der Waals surface area contributed by atoms with Crippen LogP contribution in [0.2, 0.25) is 0 Å². The maximum Gasteiger partial charge on any atom is 0.146 e. The molecule has 0 aliphatic rings. The molecule has 21 heavy (non-hydrogen) atoms. The van der Waals surface area contributed by atoms with Gasteiger partial charge in [0.05, 0.1) is 6.26 Å². The lowest BCUT2D eigenvalue weighted by Crippen LogP contribution is -2.21. The molecule has 0 spiro atoms. The fourth-order valence-electron chi connectivity index (χ4n) is 2.03. The molecule has 3 heteroatoms. The molecule has 3 nitrogen and oxygen atoms in total. The van der Waals surface area contributed by atoms with Gasteiger partial charge in [-0.1, -0.05) is 38.1 Å². The number of benzene rings is 1. The van der Waals surface area contributed by atoms with Crippen LogP contribution in [0.3, 0.4) is 0 Å². The van der Waals surface area contributed by atoms with E-state index in [-0.39, 0.29) is 0 Å². The van der Waals surface area contributed by atoms with Gasteiger partial charge in [-0.3, -0.25) is 0 Å². The first kappa shape index (κ1) is 15.4. The van der Waals surface area contributed by atoms with Gasteiger partial charge in [0.2, 0.25) is 0 Å². The number of furan rings is 1. The topological polar surface area (TPSA) is 34.4 Å². The van der Waals surface area contributed by atoms with E-state index < -0.39 is 0 Å². The minimum atomic E-state index is 0.440. The van der Waals surface area contributed by atoms with Crippen LogP contribution in [0.4, 0.5) is 0 Å². The molecule has 0 aliphatic heterocycles. The molecular formula is C18H23NO2. The summed E-state index contributed by atoms with van der Waals surface area (Å²) in [5, 5.41) is 3.36. The van der Waals surface area contributed by atoms with E-state index in [4.69, 9.17) is 9.15 Å². The minimum absolute atomic E-state index is 0.440. The third-order valence-corrected chi connectivity index (χ3v) is 3.13. The largest absolute Gasteiger partial charge is 0.485 e. The Morgan fingerprint density at radius 3 is 2.90 bits per heavy atom. The third kappa shape index (κ3) is 4.80. The Kier molecular flexibility index (Phi) is 5.64. The van der Waals surface area contributed by atoms with Crippen molar-refractivity contribution in [3.8, 4) is 5.75 Å². The number of ether oxygens (including phenoxy) is 1. The van der Waals surface area contributed by atoms with Gasteiger partial charge >= 0.3 is 0 Å². The van der Waals surface area contributed by atoms with E-state index >= 15 is 0 Å². The Labute approximate surface area is 126 Å². The van der Waals surface area contributed by atoms with Gasteiger partial charge in [0, 0.05) is 18.2 Å². The summed E-state index contributed by atoms with van der Waals surface area (Å²) in [6.07, 6.45) is 4.46. The lowest BCUT2D eigenvalue weighted by molar-refractivity contribution is 0.268. The molecule has 1 aromatic carbocycles. The number of para-hydroxylation sites is 1. The van der Waals surface area contributed by atoms with E-state index in [0.717, 1.165) is 35.6 Å². The summed E-state index contributed by atoms with van der Waals surface area (Å²) < 4.78 is 11.4. The lowest BCUT2D eigenvalue weighted by atomic mass is 10.1. The maximum atomic E-state index is 5.85. The third-order valence-electron chi connectivity index (χ3n) is 3.13. The molecular weight excluding hydrogens is 262 g/mol. The highest BCUT2D eigenvalue weighted by Crippen LogP contribution is 2.20. The minimum Gasteiger partial charge on any atom is -0.485 e. The first-order chi connectivity index (χ1) is 10.2. The van der Waals surface area contributed by atoms with Crippen molar-refractivity contribution in [1.29, 1.82) is 0 Å². The SMILES string of the molecule is C=CCc1ccccc1OCc1cc(CNC(C)C)co1. The monoisotopic (exact) mass is 285 g/mol. The zero-order valence-corrected chi connectivity index (χ0v) is 12.8. The van der Waals surface area contributed by atoms with Crippen LogP contribution in [0.15, 0.2) is 53.7 Å². The van der Waals surface area contributed by atoms with E-state index in [1.807, 2.05) is 30.3 Å². The van der Waals surface area contributed by atoms with Crippen molar-refractivity contribution in [3.05, 3.63) is 66.1 Å². The Hall–Kier alpha value is -2.00. The van der Waals surface area contributed by atoms with Gasteiger partial charge in [-0.15, -0.1) is 6.58 Å². The van der Waals surface area contributed by atoms with Gasteiger partial charge in [-0.05, 0) is 24.1 Å². The first-order valence-electron chi connectivity index (χ1n) is 7.30. The summed E-state index contributed by atoms with van der Waals surface area (Å²) in [7, 11) is 0. The van der Waals surface area contributed by atoms with Gasteiger partial charge in [0.25, 0.3) is 0 Å². The summed E-state index contributed by atoms with van der Waals surface area (Å²) in [6.45, 7) is 9.28. The van der Waals surface area contributed by atoms with Crippen LogP contribution >= 0.6 is 0 Å². The van der Waals surface area contributed by atoms with Gasteiger partial charge in [0.15, 0.2) is 0 Å². The molecule has 0 unspecified atom stereocenters. The van der Waals surface area contributed by atoms with Crippen molar-refractivity contribution >= 4 is 0 Å². The fraction of sp³-hybridized carbons (Fsp3) is 0.333. The molecule has 2 aromatic rings. The van der Waals surface area contributed by atoms with Crippen molar-refractivity contribution in [2.75, 3.05) is 0 Å². The molecule has 112 valence electrons. The average molecular weight is 285 g/mol. The predicted molar refractivity (Wildman–Crippen MR) is 85.4 cm³/mol. The van der Waals surface area contributed by atoms with Crippen molar-refractivity contribution in [3.63, 3.8) is 0 Å². The average Bonchev–Trinajstić information content (AvgIpc) is 2.92. The first-order valence-corrected chi connectivity index (χ1v) is 7.30. The van der Waals surface area contributed by atoms with Crippen molar-refractivity contribution in [1.82, 2.24) is 5.32 Å². The van der Waals surface area contributed by atoms with E-state index in [2.05, 4.69) is 31.8 Å². The Balaban J connectivity index is 1.92. The highest BCUT2D eigenvalue weighted by molar-refractivity contribution is 5.34. The quantitative estimate of drug-likeness (QED) is 0.742. The summed E-state index contributed by atoms with van der Waals surface area (Å²) in [5.74, 6) is 1.72. The van der Waals surface area contributed by atoms with E-state index in [0.29, 0.717) is 12.6 Å². The van der Waals surface area contributed by atoms with Crippen LogP contribution < -0.4 is 10.1 Å². The van der Waals surface area contributed by atoms with Crippen LogP contribution in [0.5, 0.6) is 5.75 Å². The maximum absolute atomic E-state index is 5.85. The van der Waals surface area contributed by atoms with Crippen molar-refractivity contribution in [2.45, 2.75) is 39.5 Å². The number of hydrogen-bond donors (Lipinski definition) is 1. The number of allylic oxidation sites excluding steroid dienone is 1. The van der Waals surface area contributed by atoms with E-state index in [1.54, 1.807) is 6.26 Å². The second-order valence-electron chi connectivity index (χ2n) is 5.35. The Bertz CT molecular complexity index is 572. The molecule has 1 aromatic heterocycles. The fourth-order valence-corrected chi connectivity index (χ4v) is 2.03. The van der Waals surface area contributed by atoms with Crippen LogP contribution in [-0.2, 0) is 19.6 Å².